The maximum Gasteiger partial charge on any atom is 0.304 e. The molecule has 1 aromatic rings. The van der Waals surface area contributed by atoms with Crippen LogP contribution in [0.1, 0.15) is 12.5 Å². The first kappa shape index (κ1) is 9.34. The number of hydrogen-bond donors (Lipinski definition) is 1. The highest BCUT2D eigenvalue weighted by atomic mass is 35.5. The van der Waals surface area contributed by atoms with Gasteiger partial charge in [0.15, 0.2) is 6.23 Å². The van der Waals surface area contributed by atoms with Gasteiger partial charge in [0.25, 0.3) is 0 Å². The van der Waals surface area contributed by atoms with Crippen molar-refractivity contribution in [1.82, 2.24) is 0 Å². The molecule has 0 saturated heterocycles. The topological polar surface area (TPSA) is 38.3 Å². The van der Waals surface area contributed by atoms with Gasteiger partial charge in [-0.2, -0.15) is 0 Å². The molecular formula is C10H10ClNO2. The van der Waals surface area contributed by atoms with E-state index in [2.05, 4.69) is 5.32 Å². The number of esters is 1. The molecule has 1 aliphatic heterocycles. The fraction of sp³-hybridized carbons (Fsp3) is 0.300. The molecule has 1 unspecified atom stereocenters. The van der Waals surface area contributed by atoms with E-state index < -0.39 is 0 Å². The molecule has 0 bridgehead atoms. The average molecular weight is 212 g/mol. The van der Waals surface area contributed by atoms with Crippen LogP contribution in [0.3, 0.4) is 0 Å². The highest BCUT2D eigenvalue weighted by molar-refractivity contribution is 6.30. The Bertz CT molecular complexity index is 378. The molecule has 1 aliphatic rings. The smallest absolute Gasteiger partial charge is 0.304 e. The van der Waals surface area contributed by atoms with Crippen LogP contribution in [0.2, 0.25) is 5.02 Å². The first-order valence-electron chi connectivity index (χ1n) is 4.37. The minimum atomic E-state index is -0.276. The highest BCUT2D eigenvalue weighted by Crippen LogP contribution is 2.28. The van der Waals surface area contributed by atoms with E-state index in [0.29, 0.717) is 11.4 Å². The Morgan fingerprint density at radius 2 is 2.43 bits per heavy atom. The molecule has 74 valence electrons. The molecule has 1 atom stereocenters. The number of anilines is 1. The average Bonchev–Trinajstić information content (AvgIpc) is 2.44. The van der Waals surface area contributed by atoms with Crippen molar-refractivity contribution >= 4 is 23.3 Å². The molecule has 0 radical (unpaired) electrons. The standard InChI is InChI=1S/C10H10ClNO2/c1-6(13)14-10-4-7-2-3-8(11)5-9(7)12-10/h2-3,5,10,12H,4H2,1H3. The van der Waals surface area contributed by atoms with Crippen LogP contribution in [0.5, 0.6) is 0 Å². The van der Waals surface area contributed by atoms with Gasteiger partial charge in [-0.1, -0.05) is 17.7 Å². The van der Waals surface area contributed by atoms with E-state index in [0.717, 1.165) is 11.3 Å². The van der Waals surface area contributed by atoms with Crippen molar-refractivity contribution in [2.45, 2.75) is 19.6 Å². The zero-order chi connectivity index (χ0) is 10.1. The second-order valence-corrected chi connectivity index (χ2v) is 3.68. The lowest BCUT2D eigenvalue weighted by atomic mass is 10.2. The number of fused-ring (bicyclic) bond motifs is 1. The SMILES string of the molecule is CC(=O)OC1Cc2ccc(Cl)cc2N1. The van der Waals surface area contributed by atoms with Crippen LogP contribution >= 0.6 is 11.6 Å². The lowest BCUT2D eigenvalue weighted by molar-refractivity contribution is -0.144. The first-order valence-corrected chi connectivity index (χ1v) is 4.75. The summed E-state index contributed by atoms with van der Waals surface area (Å²) in [5.41, 5.74) is 2.07. The van der Waals surface area contributed by atoms with Crippen molar-refractivity contribution in [2.24, 2.45) is 0 Å². The van der Waals surface area contributed by atoms with Crippen molar-refractivity contribution in [2.75, 3.05) is 5.32 Å². The Labute approximate surface area is 87.0 Å². The van der Waals surface area contributed by atoms with Crippen LogP contribution in [0.4, 0.5) is 5.69 Å². The van der Waals surface area contributed by atoms with Crippen LogP contribution in [0, 0.1) is 0 Å². The fourth-order valence-electron chi connectivity index (χ4n) is 1.56. The predicted molar refractivity (Wildman–Crippen MR) is 54.3 cm³/mol. The van der Waals surface area contributed by atoms with Crippen molar-refractivity contribution in [3.8, 4) is 0 Å². The van der Waals surface area contributed by atoms with Gasteiger partial charge in [0.1, 0.15) is 0 Å². The molecule has 3 nitrogen and oxygen atoms in total. The number of carbonyl (C=O) groups is 1. The molecular weight excluding hydrogens is 202 g/mol. The van der Waals surface area contributed by atoms with Gasteiger partial charge in [-0.15, -0.1) is 0 Å². The summed E-state index contributed by atoms with van der Waals surface area (Å²) >= 11 is 5.83. The summed E-state index contributed by atoms with van der Waals surface area (Å²) in [6, 6.07) is 5.60. The Hall–Kier alpha value is -1.22. The summed E-state index contributed by atoms with van der Waals surface area (Å²) < 4.78 is 5.04. The van der Waals surface area contributed by atoms with Gasteiger partial charge in [0.2, 0.25) is 0 Å². The number of benzene rings is 1. The van der Waals surface area contributed by atoms with E-state index in [1.165, 1.54) is 6.92 Å². The number of carbonyl (C=O) groups excluding carboxylic acids is 1. The van der Waals surface area contributed by atoms with Crippen LogP contribution in [-0.4, -0.2) is 12.2 Å². The van der Waals surface area contributed by atoms with Gasteiger partial charge in [-0.05, 0) is 17.7 Å². The van der Waals surface area contributed by atoms with E-state index in [1.807, 2.05) is 18.2 Å². The van der Waals surface area contributed by atoms with Gasteiger partial charge < -0.3 is 10.1 Å². The lowest BCUT2D eigenvalue weighted by Gasteiger charge is -2.10. The maximum atomic E-state index is 10.7. The van der Waals surface area contributed by atoms with Crippen LogP contribution < -0.4 is 5.32 Å². The van der Waals surface area contributed by atoms with Crippen LogP contribution in [-0.2, 0) is 16.0 Å². The predicted octanol–water partition coefficient (Wildman–Crippen LogP) is 2.20. The van der Waals surface area contributed by atoms with Gasteiger partial charge >= 0.3 is 5.97 Å². The Balaban J connectivity index is 2.14. The van der Waals surface area contributed by atoms with Crippen LogP contribution in [0.25, 0.3) is 0 Å². The number of rotatable bonds is 1. The normalized spacial score (nSPS) is 18.6. The van der Waals surface area contributed by atoms with Gasteiger partial charge in [-0.3, -0.25) is 4.79 Å². The number of halogens is 1. The molecule has 14 heavy (non-hydrogen) atoms. The molecule has 0 fully saturated rings. The third-order valence-electron chi connectivity index (χ3n) is 2.10. The molecule has 0 aliphatic carbocycles. The molecule has 1 N–H and O–H groups in total. The molecule has 0 aromatic heterocycles. The molecule has 4 heteroatoms. The van der Waals surface area contributed by atoms with Crippen molar-refractivity contribution in [1.29, 1.82) is 0 Å². The summed E-state index contributed by atoms with van der Waals surface area (Å²) in [5, 5.41) is 3.76. The Morgan fingerprint density at radius 1 is 1.64 bits per heavy atom. The van der Waals surface area contributed by atoms with Gasteiger partial charge in [0.05, 0.1) is 0 Å². The Kier molecular flexibility index (Phi) is 2.33. The largest absolute Gasteiger partial charge is 0.442 e. The van der Waals surface area contributed by atoms with E-state index >= 15 is 0 Å². The lowest BCUT2D eigenvalue weighted by Crippen LogP contribution is -2.22. The third-order valence-corrected chi connectivity index (χ3v) is 2.34. The zero-order valence-corrected chi connectivity index (χ0v) is 8.47. The zero-order valence-electron chi connectivity index (χ0n) is 7.71. The van der Waals surface area contributed by atoms with E-state index in [1.54, 1.807) is 0 Å². The first-order chi connectivity index (χ1) is 6.65. The van der Waals surface area contributed by atoms with Crippen molar-refractivity contribution in [3.05, 3.63) is 28.8 Å². The fourth-order valence-corrected chi connectivity index (χ4v) is 1.73. The quantitative estimate of drug-likeness (QED) is 0.724. The van der Waals surface area contributed by atoms with Gasteiger partial charge in [-0.25, -0.2) is 0 Å². The number of hydrogen-bond acceptors (Lipinski definition) is 3. The third kappa shape index (κ3) is 1.82. The summed E-state index contributed by atoms with van der Waals surface area (Å²) in [4.78, 5) is 10.7. The van der Waals surface area contributed by atoms with Crippen molar-refractivity contribution < 1.29 is 9.53 Å². The van der Waals surface area contributed by atoms with Crippen LogP contribution in [0.15, 0.2) is 18.2 Å². The monoisotopic (exact) mass is 211 g/mol. The molecule has 0 amide bonds. The number of ether oxygens (including phenoxy) is 1. The highest BCUT2D eigenvalue weighted by Gasteiger charge is 2.22. The van der Waals surface area contributed by atoms with Gasteiger partial charge in [0, 0.05) is 24.1 Å². The van der Waals surface area contributed by atoms with E-state index in [9.17, 15) is 4.79 Å². The maximum absolute atomic E-state index is 10.7. The minimum absolute atomic E-state index is 0.249. The van der Waals surface area contributed by atoms with E-state index in [4.69, 9.17) is 16.3 Å². The molecule has 2 rings (SSSR count). The molecule has 0 spiro atoms. The summed E-state index contributed by atoms with van der Waals surface area (Å²) in [6.07, 6.45) is 0.451. The molecule has 1 heterocycles. The summed E-state index contributed by atoms with van der Waals surface area (Å²) in [6.45, 7) is 1.40. The summed E-state index contributed by atoms with van der Waals surface area (Å²) in [7, 11) is 0. The molecule has 0 saturated carbocycles. The Morgan fingerprint density at radius 3 is 3.14 bits per heavy atom. The minimum Gasteiger partial charge on any atom is -0.442 e. The second-order valence-electron chi connectivity index (χ2n) is 3.25. The second kappa shape index (κ2) is 3.50. The summed E-state index contributed by atoms with van der Waals surface area (Å²) in [5.74, 6) is -0.276. The van der Waals surface area contributed by atoms with Crippen molar-refractivity contribution in [3.63, 3.8) is 0 Å². The van der Waals surface area contributed by atoms with E-state index in [-0.39, 0.29) is 12.2 Å². The molecule has 1 aromatic carbocycles. The number of nitrogens with one attached hydrogen (secondary N) is 1.